The molecule has 230 valence electrons. The zero-order valence-corrected chi connectivity index (χ0v) is 26.5. The van der Waals surface area contributed by atoms with Crippen molar-refractivity contribution < 1.29 is 19.0 Å². The number of aromatic nitrogens is 2. The van der Waals surface area contributed by atoms with E-state index in [4.69, 9.17) is 47.4 Å². The molecule has 1 aromatic carbocycles. The van der Waals surface area contributed by atoms with E-state index in [0.717, 1.165) is 37.0 Å². The lowest BCUT2D eigenvalue weighted by molar-refractivity contribution is -0.115. The van der Waals surface area contributed by atoms with Gasteiger partial charge in [0.05, 0.1) is 49.2 Å². The highest BCUT2D eigenvalue weighted by atomic mass is 35.5. The Morgan fingerprint density at radius 3 is 2.47 bits per heavy atom. The summed E-state index contributed by atoms with van der Waals surface area (Å²) in [7, 11) is 7.21. The van der Waals surface area contributed by atoms with Gasteiger partial charge in [-0.15, -0.1) is 0 Å². The Kier molecular flexibility index (Phi) is 9.93. The van der Waals surface area contributed by atoms with Crippen molar-refractivity contribution in [2.45, 2.75) is 18.5 Å². The van der Waals surface area contributed by atoms with Crippen molar-refractivity contribution >= 4 is 51.4 Å². The first-order chi connectivity index (χ1) is 20.7. The molecule has 4 heterocycles. The van der Waals surface area contributed by atoms with E-state index in [1.54, 1.807) is 6.07 Å². The van der Waals surface area contributed by atoms with E-state index in [2.05, 4.69) is 41.1 Å². The van der Waals surface area contributed by atoms with Gasteiger partial charge in [-0.2, -0.15) is 0 Å². The number of methoxy groups -OCH3 is 2. The van der Waals surface area contributed by atoms with Crippen molar-refractivity contribution in [1.29, 1.82) is 0 Å². The second-order valence-electron chi connectivity index (χ2n) is 11.3. The zero-order valence-electron chi connectivity index (χ0n) is 25.0. The van der Waals surface area contributed by atoms with E-state index in [1.165, 1.54) is 20.3 Å². The standard InChI is InChI=1S/C31H38Cl2N6O4/c1-6-21(40)9-19-14-39(8-7-38(2)3)15-24(19)36-27-11-22-18(13-34-27)10-23(37-31(22)35-20-16-43-17-20)28-29(32)25(41-4)12-26(42-5)30(28)33/h6,10-13,19-20,24H,1,7-9,14-17H2,2-5H3,(H,34,36)(H,35,37)/t19-,24+/m0/s1. The topological polar surface area (TPSA) is 101 Å². The lowest BCUT2D eigenvalue weighted by Gasteiger charge is -2.28. The highest BCUT2D eigenvalue weighted by molar-refractivity contribution is 6.41. The molecule has 0 aliphatic carbocycles. The molecule has 12 heteroatoms. The Morgan fingerprint density at radius 2 is 1.86 bits per heavy atom. The quantitative estimate of drug-likeness (QED) is 0.255. The van der Waals surface area contributed by atoms with Crippen LogP contribution in [0.15, 0.2) is 37.1 Å². The maximum absolute atomic E-state index is 12.3. The first-order valence-electron chi connectivity index (χ1n) is 14.2. The number of nitrogens with zero attached hydrogens (tertiary/aromatic N) is 4. The molecule has 2 fully saturated rings. The van der Waals surface area contributed by atoms with Crippen LogP contribution in [0.2, 0.25) is 10.0 Å². The number of benzene rings is 1. The van der Waals surface area contributed by atoms with Gasteiger partial charge in [-0.1, -0.05) is 29.8 Å². The Labute approximate surface area is 262 Å². The van der Waals surface area contributed by atoms with Gasteiger partial charge in [-0.25, -0.2) is 9.97 Å². The minimum atomic E-state index is 0.0511. The smallest absolute Gasteiger partial charge is 0.155 e. The van der Waals surface area contributed by atoms with Crippen LogP contribution in [0.4, 0.5) is 11.6 Å². The minimum Gasteiger partial charge on any atom is -0.495 e. The van der Waals surface area contributed by atoms with Crippen LogP contribution >= 0.6 is 23.2 Å². The molecule has 0 spiro atoms. The molecule has 0 bridgehead atoms. The summed E-state index contributed by atoms with van der Waals surface area (Å²) < 4.78 is 16.4. The van der Waals surface area contributed by atoms with Crippen molar-refractivity contribution in [1.82, 2.24) is 19.8 Å². The molecule has 2 aliphatic heterocycles. The number of ketones is 1. The van der Waals surface area contributed by atoms with Gasteiger partial charge in [0, 0.05) is 73.2 Å². The monoisotopic (exact) mass is 628 g/mol. The van der Waals surface area contributed by atoms with Crippen LogP contribution in [0, 0.1) is 5.92 Å². The number of likely N-dealkylation sites (N-methyl/N-ethyl adjacent to an activating group) is 1. The molecule has 2 aromatic heterocycles. The van der Waals surface area contributed by atoms with Crippen LogP contribution in [0.3, 0.4) is 0 Å². The molecule has 10 nitrogen and oxygen atoms in total. The molecule has 3 aromatic rings. The number of carbonyl (C=O) groups excluding carboxylic acids is 1. The van der Waals surface area contributed by atoms with Crippen molar-refractivity contribution in [3.8, 4) is 22.8 Å². The van der Waals surface area contributed by atoms with Gasteiger partial charge in [0.25, 0.3) is 0 Å². The molecular weight excluding hydrogens is 591 g/mol. The predicted octanol–water partition coefficient (Wildman–Crippen LogP) is 4.85. The second kappa shape index (κ2) is 13.7. The third-order valence-corrected chi connectivity index (χ3v) is 8.68. The SMILES string of the molecule is C=CC(=O)C[C@H]1CN(CCN(C)C)C[C@H]1Nc1cc2c(NC3COC3)nc(-c3c(Cl)c(OC)cc(OC)c3Cl)cc2cn1. The van der Waals surface area contributed by atoms with Gasteiger partial charge in [0.2, 0.25) is 0 Å². The van der Waals surface area contributed by atoms with Gasteiger partial charge in [0.15, 0.2) is 5.78 Å². The van der Waals surface area contributed by atoms with Crippen molar-refractivity contribution in [3.05, 3.63) is 47.1 Å². The van der Waals surface area contributed by atoms with E-state index in [1.807, 2.05) is 18.3 Å². The number of fused-ring (bicyclic) bond motifs is 1. The number of hydrogen-bond acceptors (Lipinski definition) is 10. The van der Waals surface area contributed by atoms with Crippen molar-refractivity contribution in [2.75, 3.05) is 78.3 Å². The number of hydrogen-bond donors (Lipinski definition) is 2. The molecule has 2 saturated heterocycles. The summed E-state index contributed by atoms with van der Waals surface area (Å²) in [6, 6.07) is 5.74. The molecule has 5 rings (SSSR count). The lowest BCUT2D eigenvalue weighted by atomic mass is 9.97. The largest absolute Gasteiger partial charge is 0.495 e. The van der Waals surface area contributed by atoms with Crippen molar-refractivity contribution in [3.63, 3.8) is 0 Å². The normalized spacial score (nSPS) is 19.0. The summed E-state index contributed by atoms with van der Waals surface area (Å²) in [6.07, 6.45) is 3.67. The lowest BCUT2D eigenvalue weighted by Crippen LogP contribution is -2.40. The van der Waals surface area contributed by atoms with Crippen LogP contribution in [0.25, 0.3) is 22.0 Å². The summed E-state index contributed by atoms with van der Waals surface area (Å²) in [4.78, 5) is 26.6. The van der Waals surface area contributed by atoms with Gasteiger partial charge in [0.1, 0.15) is 23.1 Å². The van der Waals surface area contributed by atoms with Crippen LogP contribution in [0.1, 0.15) is 6.42 Å². The Bertz CT molecular complexity index is 1470. The number of pyridine rings is 2. The molecule has 2 aliphatic rings. The van der Waals surface area contributed by atoms with Crippen LogP contribution in [0.5, 0.6) is 11.5 Å². The molecule has 0 unspecified atom stereocenters. The molecule has 43 heavy (non-hydrogen) atoms. The highest BCUT2D eigenvalue weighted by Crippen LogP contribution is 2.46. The number of rotatable bonds is 13. The van der Waals surface area contributed by atoms with E-state index in [9.17, 15) is 4.79 Å². The fraction of sp³-hybridized carbons (Fsp3) is 0.452. The summed E-state index contributed by atoms with van der Waals surface area (Å²) in [6.45, 7) is 8.38. The third kappa shape index (κ3) is 6.99. The summed E-state index contributed by atoms with van der Waals surface area (Å²) >= 11 is 13.5. The fourth-order valence-corrected chi connectivity index (χ4v) is 6.17. The number of likely N-dealkylation sites (tertiary alicyclic amines) is 1. The Hall–Kier alpha value is -3.15. The van der Waals surface area contributed by atoms with E-state index in [-0.39, 0.29) is 23.8 Å². The number of halogens is 2. The van der Waals surface area contributed by atoms with E-state index < -0.39 is 0 Å². The summed E-state index contributed by atoms with van der Waals surface area (Å²) in [5.74, 6) is 2.43. The minimum absolute atomic E-state index is 0.0511. The Morgan fingerprint density at radius 1 is 1.14 bits per heavy atom. The van der Waals surface area contributed by atoms with Gasteiger partial charge >= 0.3 is 0 Å². The van der Waals surface area contributed by atoms with Gasteiger partial charge < -0.3 is 29.7 Å². The highest BCUT2D eigenvalue weighted by Gasteiger charge is 2.34. The van der Waals surface area contributed by atoms with E-state index in [0.29, 0.717) is 64.1 Å². The van der Waals surface area contributed by atoms with Crippen LogP contribution in [-0.2, 0) is 9.53 Å². The zero-order chi connectivity index (χ0) is 30.7. The predicted molar refractivity (Wildman–Crippen MR) is 172 cm³/mol. The first kappa shape index (κ1) is 31.3. The average Bonchev–Trinajstić information content (AvgIpc) is 3.34. The Balaban J connectivity index is 1.51. The number of anilines is 2. The molecule has 0 saturated carbocycles. The van der Waals surface area contributed by atoms with Gasteiger partial charge in [-0.3, -0.25) is 9.69 Å². The maximum atomic E-state index is 12.3. The number of ether oxygens (including phenoxy) is 3. The van der Waals surface area contributed by atoms with E-state index >= 15 is 0 Å². The summed E-state index contributed by atoms with van der Waals surface area (Å²) in [5.41, 5.74) is 1.07. The molecule has 2 atom stereocenters. The van der Waals surface area contributed by atoms with Crippen LogP contribution in [-0.4, -0.2) is 105 Å². The maximum Gasteiger partial charge on any atom is 0.155 e. The first-order valence-corrected chi connectivity index (χ1v) is 15.0. The number of carbonyl (C=O) groups is 1. The molecule has 0 amide bonds. The van der Waals surface area contributed by atoms with Gasteiger partial charge in [-0.05, 0) is 32.3 Å². The van der Waals surface area contributed by atoms with Crippen molar-refractivity contribution in [2.24, 2.45) is 5.92 Å². The molecule has 2 N–H and O–H groups in total. The second-order valence-corrected chi connectivity index (χ2v) is 12.0. The number of nitrogens with one attached hydrogen (secondary N) is 2. The molecule has 0 radical (unpaired) electrons. The summed E-state index contributed by atoms with van der Waals surface area (Å²) in [5, 5.41) is 9.55. The van der Waals surface area contributed by atoms with Crippen LogP contribution < -0.4 is 20.1 Å². The average molecular weight is 630 g/mol. The third-order valence-electron chi connectivity index (χ3n) is 7.93. The fourth-order valence-electron chi connectivity index (χ4n) is 5.47. The molecular formula is C31H38Cl2N6O4. The number of allylic oxidation sites excluding steroid dienone is 1.